The van der Waals surface area contributed by atoms with Crippen LogP contribution in [0.5, 0.6) is 0 Å². The van der Waals surface area contributed by atoms with Gasteiger partial charge in [0.1, 0.15) is 5.60 Å². The highest BCUT2D eigenvalue weighted by Gasteiger charge is 2.19. The molecule has 2 rings (SSSR count). The maximum Gasteiger partial charge on any atom is 0.407 e. The third-order valence-electron chi connectivity index (χ3n) is 3.25. The van der Waals surface area contributed by atoms with Crippen molar-refractivity contribution >= 4 is 6.09 Å². The van der Waals surface area contributed by atoms with Gasteiger partial charge in [0, 0.05) is 12.5 Å². The molecule has 2 aromatic rings. The highest BCUT2D eigenvalue weighted by atomic mass is 16.6. The summed E-state index contributed by atoms with van der Waals surface area (Å²) in [5, 5.41) is 2.88. The van der Waals surface area contributed by atoms with Crippen LogP contribution in [0, 0.1) is 0 Å². The second-order valence-corrected chi connectivity index (χ2v) is 6.26. The molecule has 0 fully saturated rings. The minimum Gasteiger partial charge on any atom is -0.444 e. The molecule has 0 spiro atoms. The Morgan fingerprint density at radius 1 is 0.955 bits per heavy atom. The van der Waals surface area contributed by atoms with Gasteiger partial charge in [-0.1, -0.05) is 60.7 Å². The molecule has 0 radical (unpaired) electrons. The zero-order valence-corrected chi connectivity index (χ0v) is 13.4. The maximum atomic E-state index is 11.9. The molecule has 22 heavy (non-hydrogen) atoms. The molecule has 2 aromatic carbocycles. The zero-order valence-electron chi connectivity index (χ0n) is 13.4. The van der Waals surface area contributed by atoms with E-state index in [1.165, 1.54) is 11.1 Å². The Kier molecular flexibility index (Phi) is 5.21. The maximum absolute atomic E-state index is 11.9. The Morgan fingerprint density at radius 2 is 1.41 bits per heavy atom. The van der Waals surface area contributed by atoms with Crippen molar-refractivity contribution in [3.63, 3.8) is 0 Å². The van der Waals surface area contributed by atoms with Gasteiger partial charge in [0.05, 0.1) is 0 Å². The summed E-state index contributed by atoms with van der Waals surface area (Å²) in [5.74, 6) is 0.106. The van der Waals surface area contributed by atoms with E-state index in [1.54, 1.807) is 0 Å². The van der Waals surface area contributed by atoms with Crippen LogP contribution in [0.3, 0.4) is 0 Å². The largest absolute Gasteiger partial charge is 0.444 e. The summed E-state index contributed by atoms with van der Waals surface area (Å²) < 4.78 is 5.31. The second kappa shape index (κ2) is 7.12. The first-order chi connectivity index (χ1) is 10.5. The molecule has 0 aliphatic rings. The first kappa shape index (κ1) is 16.1. The number of benzene rings is 2. The van der Waals surface area contributed by atoms with Gasteiger partial charge in [-0.2, -0.15) is 0 Å². The summed E-state index contributed by atoms with van der Waals surface area (Å²) in [7, 11) is 0. The van der Waals surface area contributed by atoms with Crippen LogP contribution in [0.4, 0.5) is 4.79 Å². The van der Waals surface area contributed by atoms with Crippen LogP contribution in [0.15, 0.2) is 60.7 Å². The van der Waals surface area contributed by atoms with Crippen molar-refractivity contribution < 1.29 is 9.53 Å². The van der Waals surface area contributed by atoms with E-state index in [9.17, 15) is 4.79 Å². The molecule has 1 amide bonds. The minimum atomic E-state index is -0.487. The number of amides is 1. The van der Waals surface area contributed by atoms with Crippen molar-refractivity contribution in [1.82, 2.24) is 5.32 Å². The van der Waals surface area contributed by atoms with Crippen molar-refractivity contribution in [3.05, 3.63) is 71.8 Å². The van der Waals surface area contributed by atoms with E-state index in [0.29, 0.717) is 6.54 Å². The average molecular weight is 297 g/mol. The van der Waals surface area contributed by atoms with Gasteiger partial charge >= 0.3 is 6.09 Å². The van der Waals surface area contributed by atoms with E-state index in [-0.39, 0.29) is 12.0 Å². The lowest BCUT2D eigenvalue weighted by Crippen LogP contribution is -2.35. The van der Waals surface area contributed by atoms with Crippen LogP contribution in [0.1, 0.15) is 37.8 Å². The number of hydrogen-bond donors (Lipinski definition) is 1. The smallest absolute Gasteiger partial charge is 0.407 e. The summed E-state index contributed by atoms with van der Waals surface area (Å²) in [6.07, 6.45) is -0.385. The lowest BCUT2D eigenvalue weighted by molar-refractivity contribution is 0.0526. The van der Waals surface area contributed by atoms with Crippen molar-refractivity contribution in [2.24, 2.45) is 0 Å². The van der Waals surface area contributed by atoms with Gasteiger partial charge < -0.3 is 10.1 Å². The number of carbonyl (C=O) groups excluding carboxylic acids is 1. The molecule has 1 N–H and O–H groups in total. The van der Waals surface area contributed by atoms with Gasteiger partial charge in [0.25, 0.3) is 0 Å². The zero-order chi connectivity index (χ0) is 16.0. The lowest BCUT2D eigenvalue weighted by atomic mass is 9.91. The van der Waals surface area contributed by atoms with Gasteiger partial charge in [0.15, 0.2) is 0 Å². The number of hydrogen-bond acceptors (Lipinski definition) is 2. The predicted octanol–water partition coefficient (Wildman–Crippen LogP) is 4.34. The lowest BCUT2D eigenvalue weighted by Gasteiger charge is -2.22. The highest BCUT2D eigenvalue weighted by Crippen LogP contribution is 2.23. The quantitative estimate of drug-likeness (QED) is 0.911. The van der Waals surface area contributed by atoms with Crippen LogP contribution < -0.4 is 5.32 Å². The van der Waals surface area contributed by atoms with Crippen LogP contribution in [0.2, 0.25) is 0 Å². The summed E-state index contributed by atoms with van der Waals surface area (Å²) in [6, 6.07) is 20.3. The fourth-order valence-electron chi connectivity index (χ4n) is 2.30. The Labute approximate surface area is 132 Å². The molecule has 0 bridgehead atoms. The Balaban J connectivity index is 2.11. The standard InChI is InChI=1S/C19H23NO2/c1-19(2,3)22-18(21)20-14-17(15-10-6-4-7-11-15)16-12-8-5-9-13-16/h4-13,17H,14H2,1-3H3,(H,20,21). The number of alkyl carbamates (subject to hydrolysis) is 1. The van der Waals surface area contributed by atoms with E-state index in [4.69, 9.17) is 4.74 Å². The topological polar surface area (TPSA) is 38.3 Å². The van der Waals surface area contributed by atoms with Crippen LogP contribution in [-0.4, -0.2) is 18.2 Å². The van der Waals surface area contributed by atoms with Gasteiger partial charge in [-0.15, -0.1) is 0 Å². The minimum absolute atomic E-state index is 0.106. The third-order valence-corrected chi connectivity index (χ3v) is 3.25. The number of carbonyl (C=O) groups is 1. The van der Waals surface area contributed by atoms with Crippen molar-refractivity contribution in [2.75, 3.05) is 6.54 Å². The van der Waals surface area contributed by atoms with Crippen LogP contribution >= 0.6 is 0 Å². The number of ether oxygens (including phenoxy) is 1. The normalized spacial score (nSPS) is 11.3. The fourth-order valence-corrected chi connectivity index (χ4v) is 2.30. The van der Waals surface area contributed by atoms with Gasteiger partial charge in [-0.05, 0) is 31.9 Å². The average Bonchev–Trinajstić information content (AvgIpc) is 2.48. The molecule has 0 aliphatic heterocycles. The Hall–Kier alpha value is -2.29. The molecule has 3 nitrogen and oxygen atoms in total. The Morgan fingerprint density at radius 3 is 1.82 bits per heavy atom. The Bertz CT molecular complexity index is 548. The van der Waals surface area contributed by atoms with E-state index in [0.717, 1.165) is 0 Å². The number of nitrogens with one attached hydrogen (secondary N) is 1. The molecule has 0 saturated carbocycles. The third kappa shape index (κ3) is 4.92. The highest BCUT2D eigenvalue weighted by molar-refractivity contribution is 5.67. The van der Waals surface area contributed by atoms with Crippen molar-refractivity contribution in [3.8, 4) is 0 Å². The summed E-state index contributed by atoms with van der Waals surface area (Å²) >= 11 is 0. The van der Waals surface area contributed by atoms with E-state index in [2.05, 4.69) is 29.6 Å². The van der Waals surface area contributed by atoms with Gasteiger partial charge in [-0.3, -0.25) is 0 Å². The molecule has 0 aromatic heterocycles. The molecule has 0 unspecified atom stereocenters. The molecule has 0 saturated heterocycles. The van der Waals surface area contributed by atoms with Crippen molar-refractivity contribution in [1.29, 1.82) is 0 Å². The second-order valence-electron chi connectivity index (χ2n) is 6.26. The molecular formula is C19H23NO2. The summed E-state index contributed by atoms with van der Waals surface area (Å²) in [5.41, 5.74) is 1.86. The van der Waals surface area contributed by atoms with E-state index >= 15 is 0 Å². The van der Waals surface area contributed by atoms with E-state index in [1.807, 2.05) is 57.2 Å². The first-order valence-corrected chi connectivity index (χ1v) is 7.52. The van der Waals surface area contributed by atoms with Gasteiger partial charge in [-0.25, -0.2) is 4.79 Å². The summed E-state index contributed by atoms with van der Waals surface area (Å²) in [4.78, 5) is 11.9. The molecular weight excluding hydrogens is 274 g/mol. The predicted molar refractivity (Wildman–Crippen MR) is 89.0 cm³/mol. The monoisotopic (exact) mass is 297 g/mol. The first-order valence-electron chi connectivity index (χ1n) is 7.52. The fraction of sp³-hybridized carbons (Fsp3) is 0.316. The molecule has 0 atom stereocenters. The molecule has 116 valence electrons. The van der Waals surface area contributed by atoms with Gasteiger partial charge in [0.2, 0.25) is 0 Å². The van der Waals surface area contributed by atoms with E-state index < -0.39 is 5.60 Å². The summed E-state index contributed by atoms with van der Waals surface area (Å²) in [6.45, 7) is 6.08. The molecule has 0 heterocycles. The SMILES string of the molecule is CC(C)(C)OC(=O)NCC(c1ccccc1)c1ccccc1. The number of rotatable bonds is 4. The molecule has 0 aliphatic carbocycles. The van der Waals surface area contributed by atoms with Crippen molar-refractivity contribution in [2.45, 2.75) is 32.3 Å². The van der Waals surface area contributed by atoms with Crippen LogP contribution in [0.25, 0.3) is 0 Å². The molecule has 3 heteroatoms. The van der Waals surface area contributed by atoms with Crippen LogP contribution in [-0.2, 0) is 4.74 Å².